The molecular formula is C26H35NO4Si. The van der Waals surface area contributed by atoms with Crippen LogP contribution in [0.5, 0.6) is 0 Å². The third-order valence-electron chi connectivity index (χ3n) is 7.13. The number of carbonyl (C=O) groups excluding carboxylic acids is 1. The fraction of sp³-hybridized carbons (Fsp3) is 0.500. The van der Waals surface area contributed by atoms with E-state index in [9.17, 15) is 14.7 Å². The van der Waals surface area contributed by atoms with Crippen LogP contribution in [0.15, 0.2) is 48.5 Å². The van der Waals surface area contributed by atoms with Gasteiger partial charge >= 0.3 is 0 Å². The quantitative estimate of drug-likeness (QED) is 0.602. The first-order valence-electron chi connectivity index (χ1n) is 11.8. The second-order valence-corrected chi connectivity index (χ2v) is 13.8. The van der Waals surface area contributed by atoms with Gasteiger partial charge in [-0.15, -0.1) is 0 Å². The number of para-hydroxylation sites is 1. The summed E-state index contributed by atoms with van der Waals surface area (Å²) < 4.78 is 6.31. The molecule has 4 atom stereocenters. The molecule has 2 N–H and O–H groups in total. The van der Waals surface area contributed by atoms with Gasteiger partial charge < -0.3 is 14.6 Å². The summed E-state index contributed by atoms with van der Waals surface area (Å²) >= 11 is 0. The summed E-state index contributed by atoms with van der Waals surface area (Å²) in [4.78, 5) is 25.3. The number of hydrogen-bond donors (Lipinski definition) is 2. The minimum Gasteiger partial charge on any atom is -0.432 e. The van der Waals surface area contributed by atoms with Crippen LogP contribution < -0.4 is 4.90 Å². The Labute approximate surface area is 192 Å². The van der Waals surface area contributed by atoms with Crippen molar-refractivity contribution in [1.82, 2.24) is 0 Å². The Morgan fingerprint density at radius 3 is 2.44 bits per heavy atom. The molecule has 0 saturated carbocycles. The average molecular weight is 454 g/mol. The zero-order valence-corrected chi connectivity index (χ0v) is 20.3. The van der Waals surface area contributed by atoms with Gasteiger partial charge in [-0.25, -0.2) is 0 Å². The molecule has 2 aromatic rings. The van der Waals surface area contributed by atoms with E-state index in [2.05, 4.69) is 25.1 Å². The molecule has 5 nitrogen and oxygen atoms in total. The van der Waals surface area contributed by atoms with Gasteiger partial charge in [0.05, 0.1) is 17.9 Å². The van der Waals surface area contributed by atoms with E-state index in [1.807, 2.05) is 48.3 Å². The SMILES string of the molecule is C[C@H]1[C@H]([Si](C)(C)O)[C@@H](CCO)O[C@H]1CCc1ccc(N2C(=O)CCc3ccccc32)cc1. The molecule has 4 rings (SSSR count). The van der Waals surface area contributed by atoms with Crippen molar-refractivity contribution >= 4 is 25.6 Å². The van der Waals surface area contributed by atoms with Crippen molar-refractivity contribution in [3.8, 4) is 0 Å². The number of nitrogens with zero attached hydrogens (tertiary/aromatic N) is 1. The van der Waals surface area contributed by atoms with Gasteiger partial charge in [0.1, 0.15) is 0 Å². The number of hydrogen-bond acceptors (Lipinski definition) is 4. The first-order chi connectivity index (χ1) is 15.3. The number of ether oxygens (including phenoxy) is 1. The molecule has 2 aliphatic heterocycles. The predicted octanol–water partition coefficient (Wildman–Crippen LogP) is 4.58. The number of aryl methyl sites for hydroxylation is 2. The second-order valence-electron chi connectivity index (χ2n) is 9.83. The highest BCUT2D eigenvalue weighted by atomic mass is 28.4. The van der Waals surface area contributed by atoms with Crippen molar-refractivity contribution in [3.05, 3.63) is 59.7 Å². The molecule has 2 aromatic carbocycles. The molecule has 1 saturated heterocycles. The van der Waals surface area contributed by atoms with E-state index >= 15 is 0 Å². The zero-order valence-electron chi connectivity index (χ0n) is 19.3. The predicted molar refractivity (Wildman–Crippen MR) is 130 cm³/mol. The lowest BCUT2D eigenvalue weighted by Gasteiger charge is -2.30. The van der Waals surface area contributed by atoms with E-state index in [1.54, 1.807) is 0 Å². The first kappa shape index (κ1) is 23.2. The lowest BCUT2D eigenvalue weighted by molar-refractivity contribution is -0.118. The van der Waals surface area contributed by atoms with Crippen LogP contribution in [-0.2, 0) is 22.4 Å². The highest BCUT2D eigenvalue weighted by Gasteiger charge is 2.49. The molecule has 0 spiro atoms. The fourth-order valence-electron chi connectivity index (χ4n) is 5.64. The van der Waals surface area contributed by atoms with Crippen LogP contribution in [0.1, 0.15) is 37.3 Å². The molecule has 172 valence electrons. The lowest BCUT2D eigenvalue weighted by Crippen LogP contribution is -2.40. The third-order valence-corrected chi connectivity index (χ3v) is 9.66. The number of anilines is 2. The smallest absolute Gasteiger partial charge is 0.231 e. The lowest BCUT2D eigenvalue weighted by atomic mass is 9.95. The van der Waals surface area contributed by atoms with Crippen LogP contribution in [0.3, 0.4) is 0 Å². The summed E-state index contributed by atoms with van der Waals surface area (Å²) in [7, 11) is -2.37. The number of aliphatic hydroxyl groups is 1. The van der Waals surface area contributed by atoms with Gasteiger partial charge in [0.2, 0.25) is 5.91 Å². The molecular weight excluding hydrogens is 418 g/mol. The van der Waals surface area contributed by atoms with Crippen molar-refractivity contribution < 1.29 is 19.4 Å². The largest absolute Gasteiger partial charge is 0.432 e. The Morgan fingerprint density at radius 2 is 1.75 bits per heavy atom. The van der Waals surface area contributed by atoms with Crippen LogP contribution in [0, 0.1) is 5.92 Å². The molecule has 0 radical (unpaired) electrons. The number of rotatable bonds is 7. The van der Waals surface area contributed by atoms with E-state index in [0.29, 0.717) is 12.8 Å². The third kappa shape index (κ3) is 4.69. The molecule has 0 aliphatic carbocycles. The molecule has 1 fully saturated rings. The number of fused-ring (bicyclic) bond motifs is 1. The van der Waals surface area contributed by atoms with E-state index in [1.165, 1.54) is 11.1 Å². The molecule has 1 amide bonds. The molecule has 32 heavy (non-hydrogen) atoms. The van der Waals surface area contributed by atoms with E-state index in [0.717, 1.165) is 30.6 Å². The van der Waals surface area contributed by atoms with Crippen LogP contribution in [-0.4, -0.2) is 42.9 Å². The van der Waals surface area contributed by atoms with Crippen LogP contribution in [0.4, 0.5) is 11.4 Å². The van der Waals surface area contributed by atoms with Crippen molar-refractivity contribution in [2.45, 2.75) is 69.9 Å². The summed E-state index contributed by atoms with van der Waals surface area (Å²) in [5, 5.41) is 9.43. The van der Waals surface area contributed by atoms with Crippen LogP contribution in [0.2, 0.25) is 18.6 Å². The van der Waals surface area contributed by atoms with Crippen molar-refractivity contribution in [2.75, 3.05) is 11.5 Å². The summed E-state index contributed by atoms with van der Waals surface area (Å²) in [5.41, 5.74) is 4.47. The highest BCUT2D eigenvalue weighted by molar-refractivity contribution is 6.71. The molecule has 0 aromatic heterocycles. The van der Waals surface area contributed by atoms with Gasteiger partial charge in [-0.05, 0) is 74.0 Å². The highest BCUT2D eigenvalue weighted by Crippen LogP contribution is 2.45. The van der Waals surface area contributed by atoms with Gasteiger partial charge in [-0.2, -0.15) is 0 Å². The van der Waals surface area contributed by atoms with Crippen LogP contribution >= 0.6 is 0 Å². The topological polar surface area (TPSA) is 70.0 Å². The Kier molecular flexibility index (Phi) is 6.86. The molecule has 6 heteroatoms. The number of carbonyl (C=O) groups is 1. The fourth-order valence-corrected chi connectivity index (χ4v) is 8.30. The van der Waals surface area contributed by atoms with Crippen molar-refractivity contribution in [3.63, 3.8) is 0 Å². The minimum atomic E-state index is -2.37. The zero-order chi connectivity index (χ0) is 22.9. The van der Waals surface area contributed by atoms with Gasteiger partial charge in [0.15, 0.2) is 8.32 Å². The molecule has 0 unspecified atom stereocenters. The number of amides is 1. The van der Waals surface area contributed by atoms with Gasteiger partial charge in [-0.1, -0.05) is 37.3 Å². The maximum Gasteiger partial charge on any atom is 0.231 e. The van der Waals surface area contributed by atoms with Gasteiger partial charge in [0.25, 0.3) is 0 Å². The number of aliphatic hydroxyl groups excluding tert-OH is 1. The van der Waals surface area contributed by atoms with Crippen LogP contribution in [0.25, 0.3) is 0 Å². The van der Waals surface area contributed by atoms with Crippen molar-refractivity contribution in [1.29, 1.82) is 0 Å². The maximum absolute atomic E-state index is 12.6. The van der Waals surface area contributed by atoms with Gasteiger partial charge in [0, 0.05) is 24.3 Å². The standard InChI is InChI=1S/C26H35NO4Si/c1-18-23(31-24(16-17-28)26(18)32(2,3)30)14-10-19-8-12-21(13-9-19)27-22-7-5-4-6-20(22)11-15-25(27)29/h4-9,12-13,18,23-24,26,28,30H,10-11,14-17H2,1-3H3/t18-,23+,24-,26+/m1/s1. The summed E-state index contributed by atoms with van der Waals surface area (Å²) in [6.45, 7) is 6.22. The van der Waals surface area contributed by atoms with Crippen molar-refractivity contribution in [2.24, 2.45) is 5.92 Å². The Hall–Kier alpha value is -1.99. The molecule has 2 aliphatic rings. The Morgan fingerprint density at radius 1 is 1.03 bits per heavy atom. The molecule has 0 bridgehead atoms. The summed E-state index contributed by atoms with van der Waals surface area (Å²) in [5.74, 6) is 0.418. The van der Waals surface area contributed by atoms with E-state index in [4.69, 9.17) is 4.74 Å². The average Bonchev–Trinajstić information content (AvgIpc) is 3.08. The van der Waals surface area contributed by atoms with E-state index < -0.39 is 8.32 Å². The minimum absolute atomic E-state index is 0.0563. The Balaban J connectivity index is 1.43. The normalized spacial score (nSPS) is 25.8. The summed E-state index contributed by atoms with van der Waals surface area (Å²) in [6, 6.07) is 16.4. The second kappa shape index (κ2) is 9.47. The maximum atomic E-state index is 12.6. The summed E-state index contributed by atoms with van der Waals surface area (Å²) in [6.07, 6.45) is 3.72. The molecule has 2 heterocycles. The number of benzene rings is 2. The first-order valence-corrected chi connectivity index (χ1v) is 14.8. The van der Waals surface area contributed by atoms with Gasteiger partial charge in [-0.3, -0.25) is 9.69 Å². The monoisotopic (exact) mass is 453 g/mol. The van der Waals surface area contributed by atoms with E-state index in [-0.39, 0.29) is 36.2 Å². The Bertz CT molecular complexity index is 940.